The van der Waals surface area contributed by atoms with Gasteiger partial charge in [0.15, 0.2) is 0 Å². The normalized spacial score (nSPS) is 15.9. The fourth-order valence-electron chi connectivity index (χ4n) is 4.29. The summed E-state index contributed by atoms with van der Waals surface area (Å²) in [5, 5.41) is 13.1. The number of hydrogen-bond acceptors (Lipinski definition) is 3. The van der Waals surface area contributed by atoms with Crippen LogP contribution >= 0.6 is 0 Å². The van der Waals surface area contributed by atoms with Crippen LogP contribution < -0.4 is 10.1 Å². The molecule has 2 N–H and O–H groups in total. The van der Waals surface area contributed by atoms with E-state index in [0.29, 0.717) is 5.70 Å². The van der Waals surface area contributed by atoms with E-state index >= 15 is 0 Å². The van der Waals surface area contributed by atoms with E-state index < -0.39 is 5.97 Å². The summed E-state index contributed by atoms with van der Waals surface area (Å²) in [6.45, 7) is 15.8. The molecule has 0 aliphatic carbocycles. The van der Waals surface area contributed by atoms with Gasteiger partial charge in [0.05, 0.1) is 11.6 Å². The molecule has 1 heterocycles. The van der Waals surface area contributed by atoms with Crippen LogP contribution in [0.2, 0.25) is 0 Å². The van der Waals surface area contributed by atoms with Crippen LogP contribution in [0.5, 0.6) is 5.75 Å². The number of benzene rings is 2. The smallest absolute Gasteiger partial charge is 0.333 e. The molecule has 2 aromatic rings. The van der Waals surface area contributed by atoms with Crippen LogP contribution in [0.1, 0.15) is 75.8 Å². The van der Waals surface area contributed by atoms with E-state index in [-0.39, 0.29) is 11.6 Å². The second kappa shape index (κ2) is 11.8. The molecular formula is C32H37NO3. The first-order valence-corrected chi connectivity index (χ1v) is 12.5. The van der Waals surface area contributed by atoms with Crippen molar-refractivity contribution in [3.05, 3.63) is 112 Å². The number of carboxylic acid groups (broad SMARTS) is 1. The molecule has 1 unspecified atom stereocenters. The van der Waals surface area contributed by atoms with Crippen molar-refractivity contribution in [1.82, 2.24) is 5.32 Å². The summed E-state index contributed by atoms with van der Waals surface area (Å²) in [6.07, 6.45) is 7.92. The molecule has 4 heteroatoms. The lowest BCUT2D eigenvalue weighted by molar-refractivity contribution is -0.132. The fraction of sp³-hybridized carbons (Fsp3) is 0.281. The number of aliphatic carboxylic acids is 1. The Kier molecular flexibility index (Phi) is 8.76. The average Bonchev–Trinajstić information content (AvgIpc) is 2.85. The zero-order chi connectivity index (χ0) is 26.4. The van der Waals surface area contributed by atoms with Gasteiger partial charge in [-0.3, -0.25) is 0 Å². The maximum Gasteiger partial charge on any atom is 0.333 e. The highest BCUT2D eigenvalue weighted by molar-refractivity contribution is 5.93. The number of hydrogen-bond donors (Lipinski definition) is 2. The Bertz CT molecular complexity index is 1280. The number of unbranched alkanes of at least 4 members (excludes halogenated alkanes) is 1. The minimum absolute atomic E-state index is 0.208. The first kappa shape index (κ1) is 26.8. The first-order chi connectivity index (χ1) is 17.1. The van der Waals surface area contributed by atoms with Gasteiger partial charge in [0.2, 0.25) is 0 Å². The Hall–Kier alpha value is -3.79. The molecule has 0 bridgehead atoms. The third-order valence-electron chi connectivity index (χ3n) is 6.27. The van der Waals surface area contributed by atoms with Gasteiger partial charge in [-0.1, -0.05) is 74.0 Å². The van der Waals surface area contributed by atoms with Crippen molar-refractivity contribution in [2.75, 3.05) is 0 Å². The second-order valence-electron chi connectivity index (χ2n) is 9.45. The summed E-state index contributed by atoms with van der Waals surface area (Å²) >= 11 is 0. The number of allylic oxidation sites excluding steroid dienone is 6. The number of carboxylic acids is 1. The molecular weight excluding hydrogens is 446 g/mol. The Morgan fingerprint density at radius 2 is 1.83 bits per heavy atom. The van der Waals surface area contributed by atoms with Gasteiger partial charge in [0.1, 0.15) is 11.5 Å². The minimum Gasteiger partial charge on any atom is -0.478 e. The van der Waals surface area contributed by atoms with Gasteiger partial charge in [0, 0.05) is 22.4 Å². The lowest BCUT2D eigenvalue weighted by Gasteiger charge is -2.29. The van der Waals surface area contributed by atoms with Crippen LogP contribution in [-0.2, 0) is 4.79 Å². The molecule has 36 heavy (non-hydrogen) atoms. The van der Waals surface area contributed by atoms with Crippen LogP contribution in [0.3, 0.4) is 0 Å². The minimum atomic E-state index is -0.965. The zero-order valence-corrected chi connectivity index (χ0v) is 22.2. The van der Waals surface area contributed by atoms with E-state index in [4.69, 9.17) is 4.74 Å². The van der Waals surface area contributed by atoms with Gasteiger partial charge in [-0.05, 0) is 69.9 Å². The van der Waals surface area contributed by atoms with Crippen LogP contribution in [0.25, 0.3) is 11.3 Å². The van der Waals surface area contributed by atoms with Crippen LogP contribution in [0.15, 0.2) is 89.7 Å². The first-order valence-electron chi connectivity index (χ1n) is 12.5. The molecule has 2 aromatic carbocycles. The Morgan fingerprint density at radius 3 is 2.44 bits per heavy atom. The lowest BCUT2D eigenvalue weighted by atomic mass is 9.88. The monoisotopic (exact) mass is 483 g/mol. The Balaban J connectivity index is 2.15. The molecule has 0 amide bonds. The maximum absolute atomic E-state index is 11.8. The Morgan fingerprint density at radius 1 is 1.14 bits per heavy atom. The molecule has 0 fully saturated rings. The average molecular weight is 484 g/mol. The molecule has 1 aliphatic heterocycles. The van der Waals surface area contributed by atoms with Gasteiger partial charge >= 0.3 is 5.97 Å². The molecule has 1 atom stereocenters. The molecule has 3 rings (SSSR count). The standard InChI is InChI=1S/C32H37NO3/c1-8-9-15-26-22(5)30(25-13-11-10-12-14-25)36-31-27(18-21(4)19-28(26)31)24(7)33-29(17-16-20(2)3)23(6)32(34)35/h10-19,24,33H,2,8-9H2,1,3-7H3,(H,34,35)/b17-16-,26-15?,29-23-. The summed E-state index contributed by atoms with van der Waals surface area (Å²) in [7, 11) is 0. The number of fused-ring (bicyclic) bond motifs is 1. The summed E-state index contributed by atoms with van der Waals surface area (Å²) in [5.41, 5.74) is 8.14. The molecule has 0 saturated carbocycles. The number of ether oxygens (including phenoxy) is 1. The van der Waals surface area contributed by atoms with E-state index in [1.165, 1.54) is 5.57 Å². The highest BCUT2D eigenvalue weighted by Gasteiger charge is 2.27. The Labute approximate surface area is 215 Å². The molecule has 0 saturated heterocycles. The van der Waals surface area contributed by atoms with Crippen molar-refractivity contribution in [3.63, 3.8) is 0 Å². The predicted molar refractivity (Wildman–Crippen MR) is 150 cm³/mol. The van der Waals surface area contributed by atoms with Crippen molar-refractivity contribution in [1.29, 1.82) is 0 Å². The highest BCUT2D eigenvalue weighted by Crippen LogP contribution is 2.46. The lowest BCUT2D eigenvalue weighted by Crippen LogP contribution is -2.22. The largest absolute Gasteiger partial charge is 0.478 e. The third kappa shape index (κ3) is 6.06. The number of aryl methyl sites for hydroxylation is 1. The molecule has 1 aliphatic rings. The van der Waals surface area contributed by atoms with Crippen molar-refractivity contribution in [3.8, 4) is 5.75 Å². The van der Waals surface area contributed by atoms with Gasteiger partial charge < -0.3 is 15.2 Å². The van der Waals surface area contributed by atoms with Gasteiger partial charge in [-0.25, -0.2) is 4.79 Å². The summed E-state index contributed by atoms with van der Waals surface area (Å²) in [5.74, 6) is 0.694. The van der Waals surface area contributed by atoms with Gasteiger partial charge in [-0.2, -0.15) is 0 Å². The topological polar surface area (TPSA) is 58.6 Å². The summed E-state index contributed by atoms with van der Waals surface area (Å²) in [4.78, 5) is 11.8. The van der Waals surface area contributed by atoms with E-state index in [1.54, 1.807) is 13.0 Å². The van der Waals surface area contributed by atoms with Crippen LogP contribution in [-0.4, -0.2) is 11.1 Å². The van der Waals surface area contributed by atoms with Gasteiger partial charge in [0.25, 0.3) is 0 Å². The van der Waals surface area contributed by atoms with E-state index in [1.807, 2.05) is 38.1 Å². The number of nitrogens with one attached hydrogen (secondary N) is 1. The van der Waals surface area contributed by atoms with E-state index in [2.05, 4.69) is 63.0 Å². The SMILES string of the molecule is C=C(C)/C=C\C(NC(C)c1cc(C)cc2c1OC(c1ccccc1)=C(C)C2=CCCC)=C(/C)C(=O)O. The second-order valence-corrected chi connectivity index (χ2v) is 9.45. The van der Waals surface area contributed by atoms with E-state index in [0.717, 1.165) is 57.8 Å². The predicted octanol–water partition coefficient (Wildman–Crippen LogP) is 8.14. The molecule has 188 valence electrons. The molecule has 0 radical (unpaired) electrons. The van der Waals surface area contributed by atoms with Crippen LogP contribution in [0.4, 0.5) is 0 Å². The third-order valence-corrected chi connectivity index (χ3v) is 6.27. The van der Waals surface area contributed by atoms with Crippen LogP contribution in [0, 0.1) is 6.92 Å². The zero-order valence-electron chi connectivity index (χ0n) is 22.2. The highest BCUT2D eigenvalue weighted by atomic mass is 16.5. The van der Waals surface area contributed by atoms with Crippen molar-refractivity contribution >= 4 is 17.3 Å². The summed E-state index contributed by atoms with van der Waals surface area (Å²) < 4.78 is 6.67. The quantitative estimate of drug-likeness (QED) is 0.279. The van der Waals surface area contributed by atoms with Crippen molar-refractivity contribution in [2.24, 2.45) is 0 Å². The van der Waals surface area contributed by atoms with Gasteiger partial charge in [-0.15, -0.1) is 0 Å². The maximum atomic E-state index is 11.8. The molecule has 0 aromatic heterocycles. The van der Waals surface area contributed by atoms with E-state index in [9.17, 15) is 9.90 Å². The van der Waals surface area contributed by atoms with Crippen molar-refractivity contribution < 1.29 is 14.6 Å². The molecule has 0 spiro atoms. The number of rotatable bonds is 9. The molecule has 4 nitrogen and oxygen atoms in total. The van der Waals surface area contributed by atoms with Crippen molar-refractivity contribution in [2.45, 2.75) is 60.4 Å². The fourth-order valence-corrected chi connectivity index (χ4v) is 4.29. The number of carbonyl (C=O) groups is 1. The summed E-state index contributed by atoms with van der Waals surface area (Å²) in [6, 6.07) is 14.3.